The summed E-state index contributed by atoms with van der Waals surface area (Å²) in [4.78, 5) is 0. The standard InChI is InChI=1S/C8H15ClO/c1-2-3-4-5-8(9)6-7-10/h6,10H,2-5,7H2,1H3. The zero-order valence-electron chi connectivity index (χ0n) is 6.44. The highest BCUT2D eigenvalue weighted by molar-refractivity contribution is 6.29. The van der Waals surface area contributed by atoms with Crippen LogP contribution in [0.3, 0.4) is 0 Å². The van der Waals surface area contributed by atoms with E-state index in [0.717, 1.165) is 17.9 Å². The molecule has 0 aliphatic rings. The number of unbranched alkanes of at least 4 members (excludes halogenated alkanes) is 2. The minimum absolute atomic E-state index is 0.0605. The molecule has 0 aromatic carbocycles. The number of hydrogen-bond donors (Lipinski definition) is 1. The minimum atomic E-state index is 0.0605. The van der Waals surface area contributed by atoms with E-state index in [9.17, 15) is 0 Å². The van der Waals surface area contributed by atoms with Crippen LogP contribution in [0.4, 0.5) is 0 Å². The lowest BCUT2D eigenvalue weighted by atomic mass is 10.2. The molecule has 0 aliphatic carbocycles. The van der Waals surface area contributed by atoms with E-state index < -0.39 is 0 Å². The van der Waals surface area contributed by atoms with Crippen LogP contribution < -0.4 is 0 Å². The van der Waals surface area contributed by atoms with E-state index in [0.29, 0.717) is 0 Å². The molecule has 2 heteroatoms. The molecule has 0 radical (unpaired) electrons. The fraction of sp³-hybridized carbons (Fsp3) is 0.750. The Balaban J connectivity index is 3.21. The van der Waals surface area contributed by atoms with Gasteiger partial charge in [-0.1, -0.05) is 31.4 Å². The van der Waals surface area contributed by atoms with E-state index in [4.69, 9.17) is 16.7 Å². The summed E-state index contributed by atoms with van der Waals surface area (Å²) in [5, 5.41) is 9.22. The predicted molar refractivity (Wildman–Crippen MR) is 45.2 cm³/mol. The SMILES string of the molecule is CCCCCC(Cl)=CCO. The van der Waals surface area contributed by atoms with Crippen molar-refractivity contribution in [2.45, 2.75) is 32.6 Å². The van der Waals surface area contributed by atoms with Crippen molar-refractivity contribution >= 4 is 11.6 Å². The molecule has 1 nitrogen and oxygen atoms in total. The summed E-state index contributed by atoms with van der Waals surface area (Å²) in [6.45, 7) is 2.22. The van der Waals surface area contributed by atoms with Gasteiger partial charge < -0.3 is 5.11 Å². The molecule has 0 aliphatic heterocycles. The van der Waals surface area contributed by atoms with Gasteiger partial charge in [-0.25, -0.2) is 0 Å². The number of aliphatic hydroxyl groups excluding tert-OH is 1. The summed E-state index contributed by atoms with van der Waals surface area (Å²) in [5.74, 6) is 0. The summed E-state index contributed by atoms with van der Waals surface area (Å²) >= 11 is 5.72. The fourth-order valence-corrected chi connectivity index (χ4v) is 0.948. The van der Waals surface area contributed by atoms with Gasteiger partial charge in [-0.05, 0) is 18.9 Å². The van der Waals surface area contributed by atoms with E-state index in [1.807, 2.05) is 0 Å². The molecule has 0 heterocycles. The molecule has 0 fully saturated rings. The Kier molecular flexibility index (Phi) is 7.09. The van der Waals surface area contributed by atoms with Crippen LogP contribution in [0.5, 0.6) is 0 Å². The normalized spacial score (nSPS) is 12.1. The second kappa shape index (κ2) is 7.10. The first-order valence-electron chi connectivity index (χ1n) is 3.76. The van der Waals surface area contributed by atoms with Crippen molar-refractivity contribution in [3.8, 4) is 0 Å². The maximum absolute atomic E-state index is 8.43. The second-order valence-corrected chi connectivity index (χ2v) is 2.78. The largest absolute Gasteiger partial charge is 0.392 e. The van der Waals surface area contributed by atoms with Crippen LogP contribution in [0.25, 0.3) is 0 Å². The smallest absolute Gasteiger partial charge is 0.0626 e. The summed E-state index contributed by atoms with van der Waals surface area (Å²) in [7, 11) is 0. The number of rotatable bonds is 5. The maximum atomic E-state index is 8.43. The van der Waals surface area contributed by atoms with E-state index in [2.05, 4.69) is 6.92 Å². The van der Waals surface area contributed by atoms with Gasteiger partial charge in [-0.15, -0.1) is 0 Å². The van der Waals surface area contributed by atoms with Gasteiger partial charge in [-0.3, -0.25) is 0 Å². The van der Waals surface area contributed by atoms with Crippen LogP contribution in [0.2, 0.25) is 0 Å². The highest BCUT2D eigenvalue weighted by Crippen LogP contribution is 2.11. The predicted octanol–water partition coefficient (Wildman–Crippen LogP) is 2.68. The molecule has 0 saturated heterocycles. The van der Waals surface area contributed by atoms with Crippen molar-refractivity contribution in [2.24, 2.45) is 0 Å². The number of allylic oxidation sites excluding steroid dienone is 1. The van der Waals surface area contributed by atoms with Crippen molar-refractivity contribution in [3.63, 3.8) is 0 Å². The lowest BCUT2D eigenvalue weighted by molar-refractivity contribution is 0.342. The fourth-order valence-electron chi connectivity index (χ4n) is 0.745. The van der Waals surface area contributed by atoms with Crippen LogP contribution in [0.15, 0.2) is 11.1 Å². The van der Waals surface area contributed by atoms with E-state index in [-0.39, 0.29) is 6.61 Å². The third-order valence-corrected chi connectivity index (χ3v) is 1.68. The summed E-state index contributed by atoms with van der Waals surface area (Å²) < 4.78 is 0. The molecule has 0 rings (SSSR count). The molecular weight excluding hydrogens is 148 g/mol. The Labute approximate surface area is 67.7 Å². The zero-order valence-corrected chi connectivity index (χ0v) is 7.19. The topological polar surface area (TPSA) is 20.2 Å². The van der Waals surface area contributed by atoms with Gasteiger partial charge in [0.1, 0.15) is 0 Å². The summed E-state index contributed by atoms with van der Waals surface area (Å²) in [5.41, 5.74) is 0. The van der Waals surface area contributed by atoms with Gasteiger partial charge >= 0.3 is 0 Å². The number of aliphatic hydroxyl groups is 1. The van der Waals surface area contributed by atoms with Crippen LogP contribution >= 0.6 is 11.6 Å². The third-order valence-electron chi connectivity index (χ3n) is 1.33. The lowest BCUT2D eigenvalue weighted by Gasteiger charge is -1.95. The van der Waals surface area contributed by atoms with Crippen molar-refractivity contribution in [1.29, 1.82) is 0 Å². The monoisotopic (exact) mass is 162 g/mol. The molecule has 0 aromatic heterocycles. The van der Waals surface area contributed by atoms with E-state index in [1.54, 1.807) is 6.08 Å². The van der Waals surface area contributed by atoms with Crippen LogP contribution in [-0.4, -0.2) is 11.7 Å². The van der Waals surface area contributed by atoms with Gasteiger partial charge in [0.15, 0.2) is 0 Å². The average Bonchev–Trinajstić information content (AvgIpc) is 1.89. The molecule has 0 bridgehead atoms. The maximum Gasteiger partial charge on any atom is 0.0626 e. The molecule has 0 amide bonds. The Morgan fingerprint density at radius 3 is 2.70 bits per heavy atom. The molecule has 0 spiro atoms. The molecule has 0 saturated carbocycles. The van der Waals surface area contributed by atoms with Crippen LogP contribution in [-0.2, 0) is 0 Å². The first-order chi connectivity index (χ1) is 4.81. The number of halogens is 1. The Bertz CT molecular complexity index is 99.4. The van der Waals surface area contributed by atoms with Gasteiger partial charge in [0, 0.05) is 5.03 Å². The van der Waals surface area contributed by atoms with E-state index >= 15 is 0 Å². The van der Waals surface area contributed by atoms with Gasteiger partial charge in [-0.2, -0.15) is 0 Å². The Morgan fingerprint density at radius 2 is 2.20 bits per heavy atom. The van der Waals surface area contributed by atoms with Crippen LogP contribution in [0.1, 0.15) is 32.6 Å². The minimum Gasteiger partial charge on any atom is -0.392 e. The second-order valence-electron chi connectivity index (χ2n) is 2.29. The van der Waals surface area contributed by atoms with Crippen molar-refractivity contribution in [2.75, 3.05) is 6.61 Å². The number of hydrogen-bond acceptors (Lipinski definition) is 1. The quantitative estimate of drug-likeness (QED) is 0.617. The van der Waals surface area contributed by atoms with Crippen molar-refractivity contribution in [3.05, 3.63) is 11.1 Å². The van der Waals surface area contributed by atoms with Crippen molar-refractivity contribution in [1.82, 2.24) is 0 Å². The van der Waals surface area contributed by atoms with Crippen LogP contribution in [0, 0.1) is 0 Å². The molecule has 10 heavy (non-hydrogen) atoms. The van der Waals surface area contributed by atoms with Gasteiger partial charge in [0.05, 0.1) is 6.61 Å². The zero-order chi connectivity index (χ0) is 7.82. The van der Waals surface area contributed by atoms with E-state index in [1.165, 1.54) is 12.8 Å². The highest BCUT2D eigenvalue weighted by atomic mass is 35.5. The Morgan fingerprint density at radius 1 is 1.50 bits per heavy atom. The summed E-state index contributed by atoms with van der Waals surface area (Å²) in [6, 6.07) is 0. The lowest BCUT2D eigenvalue weighted by Crippen LogP contribution is -1.79. The van der Waals surface area contributed by atoms with Gasteiger partial charge in [0.2, 0.25) is 0 Å². The Hall–Kier alpha value is -0.0100. The molecular formula is C8H15ClO. The molecule has 0 unspecified atom stereocenters. The van der Waals surface area contributed by atoms with Gasteiger partial charge in [0.25, 0.3) is 0 Å². The molecule has 0 atom stereocenters. The first-order valence-corrected chi connectivity index (χ1v) is 4.14. The third kappa shape index (κ3) is 6.12. The first kappa shape index (κ1) is 9.99. The molecule has 0 aromatic rings. The highest BCUT2D eigenvalue weighted by Gasteiger charge is 1.90. The average molecular weight is 163 g/mol. The van der Waals surface area contributed by atoms with Crippen molar-refractivity contribution < 1.29 is 5.11 Å². The molecule has 60 valence electrons. The molecule has 1 N–H and O–H groups in total. The summed E-state index contributed by atoms with van der Waals surface area (Å²) in [6.07, 6.45) is 6.12.